The molecule has 2 rings (SSSR count). The van der Waals surface area contributed by atoms with Crippen molar-refractivity contribution in [3.63, 3.8) is 0 Å². The van der Waals surface area contributed by atoms with Crippen molar-refractivity contribution in [3.05, 3.63) is 23.4 Å². The topological polar surface area (TPSA) is 25.4 Å². The van der Waals surface area contributed by atoms with Crippen molar-refractivity contribution in [3.8, 4) is 5.88 Å². The lowest BCUT2D eigenvalue weighted by atomic mass is 9.92. The van der Waals surface area contributed by atoms with Crippen LogP contribution in [0.3, 0.4) is 0 Å². The van der Waals surface area contributed by atoms with Crippen LogP contribution in [0.4, 0.5) is 0 Å². The third kappa shape index (κ3) is 2.66. The van der Waals surface area contributed by atoms with Crippen molar-refractivity contribution >= 4 is 0 Å². The summed E-state index contributed by atoms with van der Waals surface area (Å²) < 4.78 is 5.19. The van der Waals surface area contributed by atoms with Gasteiger partial charge in [0.15, 0.2) is 0 Å². The summed E-state index contributed by atoms with van der Waals surface area (Å²) in [4.78, 5) is 6.98. The largest absolute Gasteiger partial charge is 0.481 e. The molecule has 3 heteroatoms. The minimum atomic E-state index is 0.525. The monoisotopic (exact) mass is 248 g/mol. The molecule has 0 unspecified atom stereocenters. The molecule has 1 aliphatic rings. The third-order valence-corrected chi connectivity index (χ3v) is 3.90. The zero-order valence-corrected chi connectivity index (χ0v) is 11.9. The minimum Gasteiger partial charge on any atom is -0.481 e. The Balaban J connectivity index is 2.28. The molecule has 1 saturated heterocycles. The fraction of sp³-hybridized carbons (Fsp3) is 0.667. The van der Waals surface area contributed by atoms with Gasteiger partial charge in [-0.05, 0) is 51.3 Å². The molecule has 0 bridgehead atoms. The second-order valence-corrected chi connectivity index (χ2v) is 5.43. The summed E-state index contributed by atoms with van der Waals surface area (Å²) in [6, 6.07) is 3.16. The summed E-state index contributed by atoms with van der Waals surface area (Å²) in [5.41, 5.74) is 2.66. The van der Waals surface area contributed by atoms with Gasteiger partial charge in [0.2, 0.25) is 5.88 Å². The SMILES string of the molecule is COc1cc(C)c([C@@H]2CCCCN2C(C)C)cn1. The fourth-order valence-electron chi connectivity index (χ4n) is 2.91. The number of aryl methyl sites for hydroxylation is 1. The van der Waals surface area contributed by atoms with Crippen LogP contribution in [-0.2, 0) is 0 Å². The van der Waals surface area contributed by atoms with Crippen LogP contribution in [0.1, 0.15) is 50.3 Å². The maximum absolute atomic E-state index is 5.19. The second kappa shape index (κ2) is 5.70. The smallest absolute Gasteiger partial charge is 0.213 e. The molecule has 1 fully saturated rings. The highest BCUT2D eigenvalue weighted by Gasteiger charge is 2.27. The summed E-state index contributed by atoms with van der Waals surface area (Å²) in [5.74, 6) is 0.711. The number of piperidine rings is 1. The number of hydrogen-bond acceptors (Lipinski definition) is 3. The third-order valence-electron chi connectivity index (χ3n) is 3.90. The Hall–Kier alpha value is -1.09. The van der Waals surface area contributed by atoms with E-state index in [4.69, 9.17) is 4.74 Å². The molecule has 0 spiro atoms. The van der Waals surface area contributed by atoms with Crippen LogP contribution < -0.4 is 4.74 Å². The Morgan fingerprint density at radius 2 is 2.17 bits per heavy atom. The van der Waals surface area contributed by atoms with Gasteiger partial charge in [-0.25, -0.2) is 4.98 Å². The average molecular weight is 248 g/mol. The highest BCUT2D eigenvalue weighted by Crippen LogP contribution is 2.34. The zero-order valence-electron chi connectivity index (χ0n) is 11.9. The van der Waals surface area contributed by atoms with E-state index in [2.05, 4.69) is 30.7 Å². The molecule has 1 aromatic rings. The van der Waals surface area contributed by atoms with Gasteiger partial charge in [-0.3, -0.25) is 4.90 Å². The quantitative estimate of drug-likeness (QED) is 0.820. The summed E-state index contributed by atoms with van der Waals surface area (Å²) in [6.45, 7) is 7.93. The molecule has 0 saturated carbocycles. The van der Waals surface area contributed by atoms with Crippen molar-refractivity contribution in [2.75, 3.05) is 13.7 Å². The predicted octanol–water partition coefficient (Wildman–Crippen LogP) is 3.33. The number of likely N-dealkylation sites (tertiary alicyclic amines) is 1. The molecule has 1 atom stereocenters. The molecule has 0 amide bonds. The van der Waals surface area contributed by atoms with Crippen molar-refractivity contribution < 1.29 is 4.74 Å². The molecule has 0 aliphatic carbocycles. The fourth-order valence-corrected chi connectivity index (χ4v) is 2.91. The Kier molecular flexibility index (Phi) is 4.23. The molecular formula is C15H24N2O. The summed E-state index contributed by atoms with van der Waals surface area (Å²) in [6.07, 6.45) is 5.88. The van der Waals surface area contributed by atoms with E-state index in [0.29, 0.717) is 18.0 Å². The zero-order chi connectivity index (χ0) is 13.1. The molecule has 18 heavy (non-hydrogen) atoms. The van der Waals surface area contributed by atoms with Gasteiger partial charge in [0, 0.05) is 24.3 Å². The lowest BCUT2D eigenvalue weighted by Gasteiger charge is -2.39. The van der Waals surface area contributed by atoms with E-state index in [9.17, 15) is 0 Å². The van der Waals surface area contributed by atoms with E-state index in [1.165, 1.54) is 36.9 Å². The molecule has 100 valence electrons. The average Bonchev–Trinajstić information content (AvgIpc) is 2.38. The van der Waals surface area contributed by atoms with Gasteiger partial charge in [-0.2, -0.15) is 0 Å². The molecule has 2 heterocycles. The maximum Gasteiger partial charge on any atom is 0.213 e. The molecule has 0 aromatic carbocycles. The first-order chi connectivity index (χ1) is 8.63. The number of methoxy groups -OCH3 is 1. The van der Waals surface area contributed by atoms with Crippen molar-refractivity contribution in [2.24, 2.45) is 0 Å². The van der Waals surface area contributed by atoms with Crippen molar-refractivity contribution in [1.82, 2.24) is 9.88 Å². The van der Waals surface area contributed by atoms with E-state index < -0.39 is 0 Å². The molecule has 0 radical (unpaired) electrons. The standard InChI is InChI=1S/C15H24N2O/c1-11(2)17-8-6-5-7-14(17)13-10-16-15(18-4)9-12(13)3/h9-11,14H,5-8H2,1-4H3/t14-/m0/s1. The first-order valence-corrected chi connectivity index (χ1v) is 6.89. The first-order valence-electron chi connectivity index (χ1n) is 6.89. The normalized spacial score (nSPS) is 21.3. The van der Waals surface area contributed by atoms with Gasteiger partial charge in [0.1, 0.15) is 0 Å². The lowest BCUT2D eigenvalue weighted by Crippen LogP contribution is -2.38. The number of hydrogen-bond donors (Lipinski definition) is 0. The number of aromatic nitrogens is 1. The molecule has 1 aromatic heterocycles. The summed E-state index contributed by atoms with van der Waals surface area (Å²) in [5, 5.41) is 0. The van der Waals surface area contributed by atoms with Crippen LogP contribution in [0.15, 0.2) is 12.3 Å². The molecule has 3 nitrogen and oxygen atoms in total. The van der Waals surface area contributed by atoms with Gasteiger partial charge < -0.3 is 4.74 Å². The van der Waals surface area contributed by atoms with Crippen LogP contribution in [0.5, 0.6) is 5.88 Å². The minimum absolute atomic E-state index is 0.525. The maximum atomic E-state index is 5.19. The van der Waals surface area contributed by atoms with Crippen LogP contribution in [-0.4, -0.2) is 29.6 Å². The number of rotatable bonds is 3. The van der Waals surface area contributed by atoms with Crippen LogP contribution in [0, 0.1) is 6.92 Å². The van der Waals surface area contributed by atoms with Crippen LogP contribution in [0.25, 0.3) is 0 Å². The van der Waals surface area contributed by atoms with E-state index in [1.807, 2.05) is 12.3 Å². The van der Waals surface area contributed by atoms with Gasteiger partial charge in [0.05, 0.1) is 7.11 Å². The van der Waals surface area contributed by atoms with Gasteiger partial charge in [-0.1, -0.05) is 6.42 Å². The Morgan fingerprint density at radius 1 is 1.39 bits per heavy atom. The Labute approximate surface area is 110 Å². The Bertz CT molecular complexity index is 403. The Morgan fingerprint density at radius 3 is 2.78 bits per heavy atom. The van der Waals surface area contributed by atoms with Crippen LogP contribution >= 0.6 is 0 Å². The van der Waals surface area contributed by atoms with Crippen molar-refractivity contribution in [1.29, 1.82) is 0 Å². The van der Waals surface area contributed by atoms with Crippen molar-refractivity contribution in [2.45, 2.75) is 52.1 Å². The predicted molar refractivity (Wildman–Crippen MR) is 74.0 cm³/mol. The number of ether oxygens (including phenoxy) is 1. The summed E-state index contributed by atoms with van der Waals surface area (Å²) >= 11 is 0. The van der Waals surface area contributed by atoms with E-state index in [1.54, 1.807) is 7.11 Å². The van der Waals surface area contributed by atoms with E-state index in [-0.39, 0.29) is 0 Å². The van der Waals surface area contributed by atoms with Gasteiger partial charge in [-0.15, -0.1) is 0 Å². The highest BCUT2D eigenvalue weighted by atomic mass is 16.5. The second-order valence-electron chi connectivity index (χ2n) is 5.43. The number of nitrogens with zero attached hydrogens (tertiary/aromatic N) is 2. The molecule has 1 aliphatic heterocycles. The number of pyridine rings is 1. The van der Waals surface area contributed by atoms with Gasteiger partial charge in [0.25, 0.3) is 0 Å². The van der Waals surface area contributed by atoms with E-state index >= 15 is 0 Å². The lowest BCUT2D eigenvalue weighted by molar-refractivity contribution is 0.111. The van der Waals surface area contributed by atoms with E-state index in [0.717, 1.165) is 0 Å². The van der Waals surface area contributed by atoms with Crippen LogP contribution in [0.2, 0.25) is 0 Å². The molecular weight excluding hydrogens is 224 g/mol. The summed E-state index contributed by atoms with van der Waals surface area (Å²) in [7, 11) is 1.67. The first kappa shape index (κ1) is 13.3. The molecule has 0 N–H and O–H groups in total. The van der Waals surface area contributed by atoms with Gasteiger partial charge >= 0.3 is 0 Å². The highest BCUT2D eigenvalue weighted by molar-refractivity contribution is 5.31.